The van der Waals surface area contributed by atoms with Gasteiger partial charge in [-0.3, -0.25) is 0 Å². The molecule has 18 rings (SSSR count). The SMILES string of the molecule is Cc1ccc(C)c2c1c1ccccc1n2-c1cc2c3c(c1)N(c1ccccc1)c1ccccc1B3c1cc3c(cc1O2)N(c1ccccc1F)c1cc(-n2c4ccccc4c4c(C)ccc(C)c42)cc2c1B3c1ccccc1N2c1ccccc1. The molecule has 400 valence electrons. The first kappa shape index (κ1) is 48.1. The molecule has 0 aliphatic carbocycles. The molecular formula is C76H52B2FN5O. The van der Waals surface area contributed by atoms with Crippen LogP contribution >= 0.6 is 0 Å². The molecule has 0 fully saturated rings. The van der Waals surface area contributed by atoms with Gasteiger partial charge in [-0.1, -0.05) is 152 Å². The van der Waals surface area contributed by atoms with Gasteiger partial charge < -0.3 is 28.6 Å². The predicted molar refractivity (Wildman–Crippen MR) is 354 cm³/mol. The monoisotopic (exact) mass is 1090 g/mol. The summed E-state index contributed by atoms with van der Waals surface area (Å²) in [6.07, 6.45) is 0. The van der Waals surface area contributed by atoms with Crippen LogP contribution in [-0.2, 0) is 0 Å². The minimum atomic E-state index is -0.317. The largest absolute Gasteiger partial charge is 0.458 e. The number of aryl methyl sites for hydroxylation is 4. The third-order valence-electron chi connectivity index (χ3n) is 18.8. The molecule has 0 amide bonds. The Hall–Kier alpha value is -10.5. The van der Waals surface area contributed by atoms with E-state index in [2.05, 4.69) is 270 Å². The van der Waals surface area contributed by atoms with Crippen LogP contribution in [0.1, 0.15) is 22.3 Å². The second-order valence-electron chi connectivity index (χ2n) is 23.5. The molecule has 0 atom stereocenters. The zero-order valence-electron chi connectivity index (χ0n) is 47.3. The molecule has 0 spiro atoms. The lowest BCUT2D eigenvalue weighted by Gasteiger charge is -2.45. The molecule has 6 nitrogen and oxygen atoms in total. The van der Waals surface area contributed by atoms with Gasteiger partial charge in [-0.05, 0) is 162 Å². The second-order valence-corrected chi connectivity index (χ2v) is 23.5. The van der Waals surface area contributed by atoms with E-state index in [0.717, 1.165) is 107 Å². The average molecular weight is 1090 g/mol. The van der Waals surface area contributed by atoms with E-state index in [0.29, 0.717) is 5.69 Å². The fourth-order valence-corrected chi connectivity index (χ4v) is 15.4. The number of anilines is 9. The Bertz CT molecular complexity index is 5230. The van der Waals surface area contributed by atoms with Crippen LogP contribution in [0.15, 0.2) is 243 Å². The summed E-state index contributed by atoms with van der Waals surface area (Å²) in [7, 11) is 0. The normalized spacial score (nSPS) is 13.4. The van der Waals surface area contributed by atoms with E-state index >= 15 is 4.39 Å². The molecule has 0 saturated carbocycles. The summed E-state index contributed by atoms with van der Waals surface area (Å²) in [4.78, 5) is 7.06. The Morgan fingerprint density at radius 3 is 1.33 bits per heavy atom. The molecular weight excluding hydrogens is 1040 g/mol. The number of halogens is 1. The van der Waals surface area contributed by atoms with Crippen LogP contribution in [0.4, 0.5) is 55.6 Å². The van der Waals surface area contributed by atoms with Crippen LogP contribution in [0, 0.1) is 33.5 Å². The van der Waals surface area contributed by atoms with Gasteiger partial charge in [0.2, 0.25) is 0 Å². The Balaban J connectivity index is 0.949. The van der Waals surface area contributed by atoms with Crippen molar-refractivity contribution in [2.24, 2.45) is 0 Å². The Morgan fingerprint density at radius 2 is 0.765 bits per heavy atom. The van der Waals surface area contributed by atoms with Crippen molar-refractivity contribution in [2.75, 3.05) is 14.7 Å². The number of nitrogens with zero attached hydrogens (tertiary/aromatic N) is 5. The molecule has 14 aromatic rings. The smallest absolute Gasteiger partial charge is 0.256 e. The van der Waals surface area contributed by atoms with Gasteiger partial charge in [0.15, 0.2) is 0 Å². The number of hydrogen-bond acceptors (Lipinski definition) is 4. The zero-order valence-corrected chi connectivity index (χ0v) is 47.3. The molecule has 12 aromatic carbocycles. The summed E-state index contributed by atoms with van der Waals surface area (Å²) in [6, 6.07) is 87.1. The second kappa shape index (κ2) is 17.8. The zero-order chi connectivity index (χ0) is 56.5. The summed E-state index contributed by atoms with van der Waals surface area (Å²) in [5.74, 6) is 1.21. The van der Waals surface area contributed by atoms with Gasteiger partial charge in [0.1, 0.15) is 17.3 Å². The van der Waals surface area contributed by atoms with Gasteiger partial charge in [0.25, 0.3) is 13.4 Å². The number of ether oxygens (including phenoxy) is 1. The van der Waals surface area contributed by atoms with Crippen LogP contribution < -0.4 is 52.2 Å². The molecule has 4 aliphatic rings. The van der Waals surface area contributed by atoms with Gasteiger partial charge in [0, 0.05) is 79.2 Å². The Labute approximate surface area is 492 Å². The highest BCUT2D eigenvalue weighted by Gasteiger charge is 2.48. The number of aromatic nitrogens is 2. The Morgan fingerprint density at radius 1 is 0.318 bits per heavy atom. The maximum absolute atomic E-state index is 17.5. The minimum absolute atomic E-state index is 0.224. The van der Waals surface area contributed by atoms with Crippen LogP contribution in [0.25, 0.3) is 55.0 Å². The summed E-state index contributed by atoms with van der Waals surface area (Å²) < 4.78 is 30.1. The lowest BCUT2D eigenvalue weighted by molar-refractivity contribution is 0.487. The third-order valence-corrected chi connectivity index (χ3v) is 18.8. The topological polar surface area (TPSA) is 28.8 Å². The van der Waals surface area contributed by atoms with E-state index in [9.17, 15) is 0 Å². The number of hydrogen-bond donors (Lipinski definition) is 0. The fourth-order valence-electron chi connectivity index (χ4n) is 15.4. The van der Waals surface area contributed by atoms with Crippen LogP contribution in [0.2, 0.25) is 0 Å². The number of para-hydroxylation sites is 7. The van der Waals surface area contributed by atoms with Crippen LogP contribution in [0.5, 0.6) is 11.5 Å². The Kier molecular flexibility index (Phi) is 10.0. The van der Waals surface area contributed by atoms with Crippen molar-refractivity contribution in [1.82, 2.24) is 9.13 Å². The fraction of sp³-hybridized carbons (Fsp3) is 0.0526. The molecule has 0 N–H and O–H groups in total. The molecule has 0 unspecified atom stereocenters. The molecule has 2 aromatic heterocycles. The highest BCUT2D eigenvalue weighted by atomic mass is 19.1. The third kappa shape index (κ3) is 6.61. The summed E-state index contributed by atoms with van der Waals surface area (Å²) in [5.41, 5.74) is 26.8. The molecule has 4 aliphatic heterocycles. The lowest BCUT2D eigenvalue weighted by atomic mass is 9.30. The van der Waals surface area contributed by atoms with Crippen molar-refractivity contribution in [3.05, 3.63) is 271 Å². The van der Waals surface area contributed by atoms with E-state index in [-0.39, 0.29) is 19.2 Å². The standard InChI is InChI=1S/C76H52B2FN5O/c1-45-35-37-47(3)75-71(45)53-25-11-16-30-60(53)82(75)51-39-66-73-67(40-51)84(64-34-20-15-29-59(64)79)65-44-69-58(43-57(65)77(73)55-27-13-18-32-62(55)80(66)49-21-7-5-8-22-49)78-56-28-14-19-33-63(56)81(50-23-9-6-10-24-50)68-41-52(42-70(85-69)74(68)78)83-61-31-17-12-26-54(61)72-46(2)36-38-48(4)76(72)83/h5-44H,1-4H3. The van der Waals surface area contributed by atoms with E-state index < -0.39 is 0 Å². The maximum Gasteiger partial charge on any atom is 0.256 e. The first-order valence-corrected chi connectivity index (χ1v) is 29.4. The quantitative estimate of drug-likeness (QED) is 0.161. The van der Waals surface area contributed by atoms with Gasteiger partial charge in [-0.2, -0.15) is 0 Å². The van der Waals surface area contributed by atoms with Crippen molar-refractivity contribution in [2.45, 2.75) is 27.7 Å². The number of fused-ring (bicyclic) bond motifs is 14. The first-order valence-electron chi connectivity index (χ1n) is 29.4. The highest BCUT2D eigenvalue weighted by molar-refractivity contribution is 7.02. The summed E-state index contributed by atoms with van der Waals surface area (Å²) in [5, 5.41) is 4.89. The average Bonchev–Trinajstić information content (AvgIpc) is 1.19. The molecule has 0 saturated heterocycles. The minimum Gasteiger partial charge on any atom is -0.458 e. The number of rotatable bonds is 5. The van der Waals surface area contributed by atoms with Crippen LogP contribution in [-0.4, -0.2) is 22.6 Å². The summed E-state index contributed by atoms with van der Waals surface area (Å²) in [6.45, 7) is 8.38. The van der Waals surface area contributed by atoms with Crippen molar-refractivity contribution in [3.63, 3.8) is 0 Å². The van der Waals surface area contributed by atoms with Gasteiger partial charge in [0.05, 0.1) is 39.1 Å². The van der Waals surface area contributed by atoms with Gasteiger partial charge in [-0.25, -0.2) is 4.39 Å². The molecule has 6 heterocycles. The van der Waals surface area contributed by atoms with E-state index in [4.69, 9.17) is 4.74 Å². The molecule has 85 heavy (non-hydrogen) atoms. The predicted octanol–water partition coefficient (Wildman–Crippen LogP) is 15.7. The molecule has 0 bridgehead atoms. The van der Waals surface area contributed by atoms with Crippen molar-refractivity contribution >= 4 is 141 Å². The molecule has 9 heteroatoms. The first-order chi connectivity index (χ1) is 41.8. The van der Waals surface area contributed by atoms with E-state index in [1.807, 2.05) is 12.1 Å². The lowest BCUT2D eigenvalue weighted by Crippen LogP contribution is -2.64. The maximum atomic E-state index is 17.5. The van der Waals surface area contributed by atoms with E-state index in [1.165, 1.54) is 60.2 Å². The van der Waals surface area contributed by atoms with Crippen molar-refractivity contribution < 1.29 is 9.13 Å². The number of benzene rings is 12. The van der Waals surface area contributed by atoms with Crippen LogP contribution in [0.3, 0.4) is 0 Å². The summed E-state index contributed by atoms with van der Waals surface area (Å²) >= 11 is 0. The van der Waals surface area contributed by atoms with Crippen molar-refractivity contribution in [1.29, 1.82) is 0 Å². The van der Waals surface area contributed by atoms with Gasteiger partial charge >= 0.3 is 0 Å². The van der Waals surface area contributed by atoms with E-state index in [1.54, 1.807) is 12.1 Å². The molecule has 0 radical (unpaired) electrons. The van der Waals surface area contributed by atoms with Crippen molar-refractivity contribution in [3.8, 4) is 22.9 Å². The highest BCUT2D eigenvalue weighted by Crippen LogP contribution is 2.50. The van der Waals surface area contributed by atoms with Gasteiger partial charge in [-0.15, -0.1) is 0 Å².